The summed E-state index contributed by atoms with van der Waals surface area (Å²) in [6.07, 6.45) is 0.931. The molecule has 3 heteroatoms. The summed E-state index contributed by atoms with van der Waals surface area (Å²) in [7, 11) is 1.89. The maximum atomic E-state index is 13.6. The van der Waals surface area contributed by atoms with Crippen molar-refractivity contribution in [2.24, 2.45) is 0 Å². The average molecular weight is 233 g/mol. The van der Waals surface area contributed by atoms with E-state index in [1.54, 1.807) is 18.2 Å². The van der Waals surface area contributed by atoms with Crippen molar-refractivity contribution in [1.29, 1.82) is 0 Å². The third kappa shape index (κ3) is 2.39. The van der Waals surface area contributed by atoms with Crippen LogP contribution in [0.2, 0.25) is 0 Å². The zero-order chi connectivity index (χ0) is 12.3. The first-order chi connectivity index (χ1) is 8.26. The second kappa shape index (κ2) is 5.15. The van der Waals surface area contributed by atoms with Gasteiger partial charge in [0.15, 0.2) is 0 Å². The van der Waals surface area contributed by atoms with Crippen LogP contribution in [-0.2, 0) is 0 Å². The van der Waals surface area contributed by atoms with Gasteiger partial charge < -0.3 is 9.73 Å². The maximum absolute atomic E-state index is 13.6. The molecule has 2 rings (SSSR count). The van der Waals surface area contributed by atoms with E-state index < -0.39 is 0 Å². The third-order valence-corrected chi connectivity index (χ3v) is 2.87. The summed E-state index contributed by atoms with van der Waals surface area (Å²) in [6.45, 7) is 2.08. The van der Waals surface area contributed by atoms with Crippen LogP contribution in [0.3, 0.4) is 0 Å². The van der Waals surface area contributed by atoms with Gasteiger partial charge in [0.2, 0.25) is 0 Å². The summed E-state index contributed by atoms with van der Waals surface area (Å²) in [6, 6.07) is 10.5. The Labute approximate surface area is 100 Å². The maximum Gasteiger partial charge on any atom is 0.137 e. The van der Waals surface area contributed by atoms with Crippen molar-refractivity contribution < 1.29 is 8.81 Å². The monoisotopic (exact) mass is 233 g/mol. The number of hydrogen-bond donors (Lipinski definition) is 1. The lowest BCUT2D eigenvalue weighted by atomic mass is 10.1. The number of rotatable bonds is 4. The van der Waals surface area contributed by atoms with Gasteiger partial charge >= 0.3 is 0 Å². The molecule has 0 saturated heterocycles. The number of furan rings is 1. The second-order valence-electron chi connectivity index (χ2n) is 3.93. The zero-order valence-electron chi connectivity index (χ0n) is 10.0. The van der Waals surface area contributed by atoms with Crippen LogP contribution in [-0.4, -0.2) is 7.05 Å². The summed E-state index contributed by atoms with van der Waals surface area (Å²) in [5.41, 5.74) is 0.504. The molecule has 1 heterocycles. The molecular weight excluding hydrogens is 217 g/mol. The molecule has 0 amide bonds. The van der Waals surface area contributed by atoms with Crippen molar-refractivity contribution in [2.75, 3.05) is 7.05 Å². The molecule has 90 valence electrons. The highest BCUT2D eigenvalue weighted by molar-refractivity contribution is 5.58. The summed E-state index contributed by atoms with van der Waals surface area (Å²) < 4.78 is 19.3. The van der Waals surface area contributed by atoms with E-state index in [4.69, 9.17) is 4.42 Å². The van der Waals surface area contributed by atoms with E-state index in [2.05, 4.69) is 12.2 Å². The minimum absolute atomic E-state index is 0.176. The third-order valence-electron chi connectivity index (χ3n) is 2.87. The summed E-state index contributed by atoms with van der Waals surface area (Å²) >= 11 is 0. The molecule has 0 aliphatic carbocycles. The first-order valence-electron chi connectivity index (χ1n) is 5.78. The molecule has 0 fully saturated rings. The fourth-order valence-electron chi connectivity index (χ4n) is 1.89. The van der Waals surface area contributed by atoms with Gasteiger partial charge in [-0.25, -0.2) is 4.39 Å². The minimum Gasteiger partial charge on any atom is -0.459 e. The average Bonchev–Trinajstić information content (AvgIpc) is 2.81. The molecule has 17 heavy (non-hydrogen) atoms. The van der Waals surface area contributed by atoms with Gasteiger partial charge in [-0.2, -0.15) is 0 Å². The first-order valence-corrected chi connectivity index (χ1v) is 5.78. The molecule has 1 aromatic heterocycles. The molecule has 0 radical (unpaired) electrons. The molecule has 1 N–H and O–H groups in total. The van der Waals surface area contributed by atoms with Crippen LogP contribution in [0.25, 0.3) is 11.3 Å². The zero-order valence-corrected chi connectivity index (χ0v) is 10.0. The molecule has 1 unspecified atom stereocenters. The van der Waals surface area contributed by atoms with Crippen LogP contribution in [0.4, 0.5) is 4.39 Å². The molecule has 2 nitrogen and oxygen atoms in total. The Balaban J connectivity index is 2.33. The van der Waals surface area contributed by atoms with E-state index in [0.29, 0.717) is 11.3 Å². The fourth-order valence-corrected chi connectivity index (χ4v) is 1.89. The Morgan fingerprint density at radius 3 is 2.65 bits per heavy atom. The van der Waals surface area contributed by atoms with Gasteiger partial charge in [0.1, 0.15) is 17.3 Å². The van der Waals surface area contributed by atoms with Crippen molar-refractivity contribution >= 4 is 0 Å². The van der Waals surface area contributed by atoms with Crippen LogP contribution in [0.5, 0.6) is 0 Å². The molecule has 0 saturated carbocycles. The Kier molecular flexibility index (Phi) is 3.59. The number of halogens is 1. The van der Waals surface area contributed by atoms with Gasteiger partial charge in [-0.3, -0.25) is 0 Å². The van der Waals surface area contributed by atoms with E-state index >= 15 is 0 Å². The van der Waals surface area contributed by atoms with Crippen molar-refractivity contribution in [2.45, 2.75) is 19.4 Å². The predicted molar refractivity (Wildman–Crippen MR) is 66.2 cm³/mol. The van der Waals surface area contributed by atoms with Crippen LogP contribution < -0.4 is 5.32 Å². The smallest absolute Gasteiger partial charge is 0.137 e. The normalized spacial score (nSPS) is 12.6. The van der Waals surface area contributed by atoms with Crippen molar-refractivity contribution in [3.8, 4) is 11.3 Å². The number of benzene rings is 1. The Morgan fingerprint density at radius 2 is 2.00 bits per heavy atom. The van der Waals surface area contributed by atoms with Crippen molar-refractivity contribution in [1.82, 2.24) is 5.32 Å². The van der Waals surface area contributed by atoms with E-state index in [9.17, 15) is 4.39 Å². The molecule has 0 aliphatic heterocycles. The summed E-state index contributed by atoms with van der Waals surface area (Å²) in [4.78, 5) is 0. The van der Waals surface area contributed by atoms with Crippen LogP contribution in [0.15, 0.2) is 40.8 Å². The standard InChI is InChI=1S/C14H16FNO/c1-3-12(16-2)14-9-8-13(17-14)10-6-4-5-7-11(10)15/h4-9,12,16H,3H2,1-2H3. The fraction of sp³-hybridized carbons (Fsp3) is 0.286. The SMILES string of the molecule is CCC(NC)c1ccc(-c2ccccc2F)o1. The van der Waals surface area contributed by atoms with Crippen LogP contribution >= 0.6 is 0 Å². The Morgan fingerprint density at radius 1 is 1.24 bits per heavy atom. The molecular formula is C14H16FNO. The van der Waals surface area contributed by atoms with Crippen molar-refractivity contribution in [3.63, 3.8) is 0 Å². The molecule has 0 spiro atoms. The highest BCUT2D eigenvalue weighted by atomic mass is 19.1. The molecule has 0 bridgehead atoms. The van der Waals surface area contributed by atoms with Gasteiger partial charge in [0.05, 0.1) is 11.6 Å². The highest BCUT2D eigenvalue weighted by Gasteiger charge is 2.13. The van der Waals surface area contributed by atoms with Gasteiger partial charge in [0.25, 0.3) is 0 Å². The number of hydrogen-bond acceptors (Lipinski definition) is 2. The summed E-state index contributed by atoms with van der Waals surface area (Å²) in [5, 5.41) is 3.16. The molecule has 1 atom stereocenters. The van der Waals surface area contributed by atoms with E-state index in [-0.39, 0.29) is 11.9 Å². The van der Waals surface area contributed by atoms with Crippen molar-refractivity contribution in [3.05, 3.63) is 48.0 Å². The lowest BCUT2D eigenvalue weighted by molar-refractivity contribution is 0.430. The molecule has 0 aliphatic rings. The van der Waals surface area contributed by atoms with Crippen LogP contribution in [0.1, 0.15) is 25.1 Å². The van der Waals surface area contributed by atoms with E-state index in [0.717, 1.165) is 12.2 Å². The quantitative estimate of drug-likeness (QED) is 0.869. The summed E-state index contributed by atoms with van der Waals surface area (Å²) in [5.74, 6) is 1.16. The lowest BCUT2D eigenvalue weighted by Gasteiger charge is -2.09. The van der Waals surface area contributed by atoms with Gasteiger partial charge in [-0.05, 0) is 37.7 Å². The van der Waals surface area contributed by atoms with E-state index in [1.807, 2.05) is 19.2 Å². The lowest BCUT2D eigenvalue weighted by Crippen LogP contribution is -2.14. The second-order valence-corrected chi connectivity index (χ2v) is 3.93. The molecule has 2 aromatic rings. The van der Waals surface area contributed by atoms with E-state index in [1.165, 1.54) is 6.07 Å². The minimum atomic E-state index is -0.258. The van der Waals surface area contributed by atoms with Gasteiger partial charge in [0, 0.05) is 0 Å². The predicted octanol–water partition coefficient (Wildman–Crippen LogP) is 3.76. The first kappa shape index (κ1) is 11.9. The molecule has 1 aromatic carbocycles. The Bertz CT molecular complexity index is 488. The largest absolute Gasteiger partial charge is 0.459 e. The van der Waals surface area contributed by atoms with Gasteiger partial charge in [-0.1, -0.05) is 19.1 Å². The number of nitrogens with one attached hydrogen (secondary N) is 1. The topological polar surface area (TPSA) is 25.2 Å². The highest BCUT2D eigenvalue weighted by Crippen LogP contribution is 2.28. The Hall–Kier alpha value is -1.61. The van der Waals surface area contributed by atoms with Gasteiger partial charge in [-0.15, -0.1) is 0 Å². The van der Waals surface area contributed by atoms with Crippen LogP contribution in [0, 0.1) is 5.82 Å².